The molecular weight excluding hydrogens is 334 g/mol. The van der Waals surface area contributed by atoms with Gasteiger partial charge in [0.1, 0.15) is 0 Å². The third-order valence-electron chi connectivity index (χ3n) is 4.78. The second kappa shape index (κ2) is 6.36. The zero-order valence-corrected chi connectivity index (χ0v) is 14.7. The highest BCUT2D eigenvalue weighted by Gasteiger charge is 2.28. The van der Waals surface area contributed by atoms with Gasteiger partial charge in [0.05, 0.1) is 17.2 Å². The first-order valence-corrected chi connectivity index (χ1v) is 8.58. The number of fused-ring (bicyclic) bond motifs is 1. The predicted octanol–water partition coefficient (Wildman–Crippen LogP) is 1.64. The quantitative estimate of drug-likeness (QED) is 0.695. The second-order valence-electron chi connectivity index (χ2n) is 6.65. The molecule has 1 saturated heterocycles. The molecule has 134 valence electrons. The fourth-order valence-corrected chi connectivity index (χ4v) is 3.38. The zero-order chi connectivity index (χ0) is 18.3. The Balaban J connectivity index is 1.59. The van der Waals surface area contributed by atoms with Crippen molar-refractivity contribution < 1.29 is 9.32 Å². The molecule has 1 aliphatic rings. The average Bonchev–Trinajstić information content (AvgIpc) is 3.10. The Kier molecular flexibility index (Phi) is 4.02. The molecule has 0 saturated carbocycles. The first kappa shape index (κ1) is 16.4. The van der Waals surface area contributed by atoms with Crippen LogP contribution in [0.4, 0.5) is 0 Å². The number of nitrogens with zero attached hydrogens (tertiary/aromatic N) is 5. The van der Waals surface area contributed by atoms with Crippen LogP contribution in [0.15, 0.2) is 33.8 Å². The molecule has 1 aromatic carbocycles. The summed E-state index contributed by atoms with van der Waals surface area (Å²) >= 11 is 0. The molecule has 8 nitrogen and oxygen atoms in total. The second-order valence-corrected chi connectivity index (χ2v) is 6.65. The third kappa shape index (κ3) is 2.87. The number of hydrogen-bond acceptors (Lipinski definition) is 6. The number of benzene rings is 1. The number of likely N-dealkylation sites (tertiary alicyclic amines) is 1. The van der Waals surface area contributed by atoms with Gasteiger partial charge in [-0.1, -0.05) is 5.16 Å². The van der Waals surface area contributed by atoms with E-state index in [0.29, 0.717) is 41.3 Å². The molecule has 4 rings (SSSR count). The van der Waals surface area contributed by atoms with Crippen LogP contribution >= 0.6 is 0 Å². The lowest BCUT2D eigenvalue weighted by atomic mass is 9.96. The molecule has 2 aromatic heterocycles. The van der Waals surface area contributed by atoms with Gasteiger partial charge in [0.2, 0.25) is 5.89 Å². The van der Waals surface area contributed by atoms with Crippen molar-refractivity contribution in [2.75, 3.05) is 13.1 Å². The van der Waals surface area contributed by atoms with E-state index >= 15 is 0 Å². The van der Waals surface area contributed by atoms with Crippen LogP contribution in [0.3, 0.4) is 0 Å². The monoisotopic (exact) mass is 353 g/mol. The van der Waals surface area contributed by atoms with Gasteiger partial charge in [-0.05, 0) is 31.0 Å². The summed E-state index contributed by atoms with van der Waals surface area (Å²) in [5, 5.41) is 4.50. The Morgan fingerprint density at radius 3 is 2.96 bits per heavy atom. The van der Waals surface area contributed by atoms with E-state index < -0.39 is 0 Å². The smallest absolute Gasteiger partial charge is 0.260 e. The number of piperidine rings is 1. The van der Waals surface area contributed by atoms with Gasteiger partial charge in [-0.3, -0.25) is 9.59 Å². The normalized spacial score (nSPS) is 17.6. The number of aryl methyl sites for hydroxylation is 2. The molecule has 3 heterocycles. The minimum Gasteiger partial charge on any atom is -0.340 e. The van der Waals surface area contributed by atoms with Gasteiger partial charge in [-0.15, -0.1) is 0 Å². The van der Waals surface area contributed by atoms with Crippen LogP contribution in [0.25, 0.3) is 10.9 Å². The molecule has 1 atom stereocenters. The number of amides is 1. The van der Waals surface area contributed by atoms with E-state index in [0.717, 1.165) is 12.8 Å². The molecule has 0 aliphatic carbocycles. The Morgan fingerprint density at radius 1 is 1.35 bits per heavy atom. The van der Waals surface area contributed by atoms with Crippen molar-refractivity contribution in [2.45, 2.75) is 25.7 Å². The molecule has 1 aliphatic heterocycles. The summed E-state index contributed by atoms with van der Waals surface area (Å²) in [5.41, 5.74) is 0.934. The van der Waals surface area contributed by atoms with Crippen LogP contribution < -0.4 is 5.56 Å². The number of carbonyl (C=O) groups is 1. The van der Waals surface area contributed by atoms with Gasteiger partial charge >= 0.3 is 0 Å². The first-order valence-electron chi connectivity index (χ1n) is 8.58. The summed E-state index contributed by atoms with van der Waals surface area (Å²) in [6.45, 7) is 3.00. The van der Waals surface area contributed by atoms with Gasteiger partial charge in [-0.25, -0.2) is 4.98 Å². The van der Waals surface area contributed by atoms with Crippen LogP contribution in [0.2, 0.25) is 0 Å². The lowest BCUT2D eigenvalue weighted by Crippen LogP contribution is -2.39. The maximum absolute atomic E-state index is 12.9. The highest BCUT2D eigenvalue weighted by molar-refractivity contribution is 5.97. The fourth-order valence-electron chi connectivity index (χ4n) is 3.38. The van der Waals surface area contributed by atoms with Crippen molar-refractivity contribution in [3.8, 4) is 0 Å². The van der Waals surface area contributed by atoms with Crippen molar-refractivity contribution in [1.82, 2.24) is 24.6 Å². The lowest BCUT2D eigenvalue weighted by Gasteiger charge is -2.31. The summed E-state index contributed by atoms with van der Waals surface area (Å²) in [5.74, 6) is 1.20. The predicted molar refractivity (Wildman–Crippen MR) is 93.9 cm³/mol. The Hall–Kier alpha value is -3.03. The number of rotatable bonds is 2. The topological polar surface area (TPSA) is 94.1 Å². The van der Waals surface area contributed by atoms with Gasteiger partial charge in [0.15, 0.2) is 5.82 Å². The summed E-state index contributed by atoms with van der Waals surface area (Å²) in [4.78, 5) is 35.4. The van der Waals surface area contributed by atoms with Crippen molar-refractivity contribution in [1.29, 1.82) is 0 Å². The molecule has 0 bridgehead atoms. The average molecular weight is 353 g/mol. The van der Waals surface area contributed by atoms with Crippen molar-refractivity contribution in [3.63, 3.8) is 0 Å². The molecule has 0 spiro atoms. The standard InChI is InChI=1S/C18H19N5O3/c1-11-20-16(21-26-11)13-4-3-7-23(9-13)17(24)12-5-6-14-15(8-12)19-10-22(2)18(14)25/h5-6,8,10,13H,3-4,7,9H2,1-2H3. The fraction of sp³-hybridized carbons (Fsp3) is 0.389. The largest absolute Gasteiger partial charge is 0.340 e. The van der Waals surface area contributed by atoms with Crippen LogP contribution in [-0.2, 0) is 7.05 Å². The summed E-state index contributed by atoms with van der Waals surface area (Å²) in [6, 6.07) is 5.04. The van der Waals surface area contributed by atoms with Gasteiger partial charge < -0.3 is 14.0 Å². The molecule has 8 heteroatoms. The summed E-state index contributed by atoms with van der Waals surface area (Å²) in [7, 11) is 1.65. The minimum absolute atomic E-state index is 0.0701. The summed E-state index contributed by atoms with van der Waals surface area (Å²) < 4.78 is 6.49. The molecule has 0 radical (unpaired) electrons. The Labute approximate surface area is 149 Å². The lowest BCUT2D eigenvalue weighted by molar-refractivity contribution is 0.0703. The SMILES string of the molecule is Cc1nc(C2CCCN(C(=O)c3ccc4c(=O)n(C)cnc4c3)C2)no1. The van der Waals surface area contributed by atoms with Crippen molar-refractivity contribution in [3.05, 3.63) is 52.2 Å². The molecule has 1 fully saturated rings. The van der Waals surface area contributed by atoms with E-state index in [4.69, 9.17) is 4.52 Å². The van der Waals surface area contributed by atoms with Gasteiger partial charge in [0, 0.05) is 38.5 Å². The van der Waals surface area contributed by atoms with E-state index in [-0.39, 0.29) is 17.4 Å². The molecular formula is C18H19N5O3. The highest BCUT2D eigenvalue weighted by Crippen LogP contribution is 2.26. The van der Waals surface area contributed by atoms with Crippen molar-refractivity contribution in [2.24, 2.45) is 7.05 Å². The minimum atomic E-state index is -0.125. The Morgan fingerprint density at radius 2 is 2.19 bits per heavy atom. The van der Waals surface area contributed by atoms with E-state index in [1.165, 1.54) is 10.9 Å². The third-order valence-corrected chi connectivity index (χ3v) is 4.78. The van der Waals surface area contributed by atoms with E-state index in [9.17, 15) is 9.59 Å². The molecule has 0 N–H and O–H groups in total. The summed E-state index contributed by atoms with van der Waals surface area (Å²) in [6.07, 6.45) is 3.28. The van der Waals surface area contributed by atoms with Crippen LogP contribution in [-0.4, -0.2) is 43.6 Å². The van der Waals surface area contributed by atoms with Crippen molar-refractivity contribution >= 4 is 16.8 Å². The Bertz CT molecular complexity index is 1040. The molecule has 1 amide bonds. The number of aromatic nitrogens is 4. The van der Waals surface area contributed by atoms with Crippen LogP contribution in [0.1, 0.15) is 40.8 Å². The zero-order valence-electron chi connectivity index (χ0n) is 14.7. The molecule has 1 unspecified atom stereocenters. The number of carbonyl (C=O) groups excluding carboxylic acids is 1. The van der Waals surface area contributed by atoms with Gasteiger partial charge in [0.25, 0.3) is 11.5 Å². The van der Waals surface area contributed by atoms with Crippen LogP contribution in [0.5, 0.6) is 0 Å². The van der Waals surface area contributed by atoms with Crippen LogP contribution in [0, 0.1) is 6.92 Å². The van der Waals surface area contributed by atoms with E-state index in [1.54, 1.807) is 32.2 Å². The van der Waals surface area contributed by atoms with Gasteiger partial charge in [-0.2, -0.15) is 4.98 Å². The highest BCUT2D eigenvalue weighted by atomic mass is 16.5. The maximum atomic E-state index is 12.9. The molecule has 26 heavy (non-hydrogen) atoms. The van der Waals surface area contributed by atoms with E-state index in [1.807, 2.05) is 4.90 Å². The first-order chi connectivity index (χ1) is 12.5. The maximum Gasteiger partial charge on any atom is 0.260 e. The van der Waals surface area contributed by atoms with E-state index in [2.05, 4.69) is 15.1 Å². The number of hydrogen-bond donors (Lipinski definition) is 0. The molecule has 3 aromatic rings.